The van der Waals surface area contributed by atoms with E-state index in [-0.39, 0.29) is 11.9 Å². The van der Waals surface area contributed by atoms with Gasteiger partial charge in [0.2, 0.25) is 0 Å². The average Bonchev–Trinajstić information content (AvgIpc) is 3.41. The molecule has 7 nitrogen and oxygen atoms in total. The van der Waals surface area contributed by atoms with Gasteiger partial charge in [0.1, 0.15) is 16.9 Å². The van der Waals surface area contributed by atoms with Gasteiger partial charge in [0.15, 0.2) is 5.58 Å². The molecular weight excluding hydrogens is 354 g/mol. The number of para-hydroxylation sites is 2. The van der Waals surface area contributed by atoms with Crippen LogP contribution in [0.2, 0.25) is 0 Å². The SMILES string of the molecule is Cc1nc2ccccn2c1C(=O)NC[C@@H]1CCCN1c1nc2ccccc2o1. The third kappa shape index (κ3) is 2.79. The minimum absolute atomic E-state index is 0.111. The van der Waals surface area contributed by atoms with Gasteiger partial charge in [-0.2, -0.15) is 4.98 Å². The maximum Gasteiger partial charge on any atom is 0.298 e. The molecule has 3 aromatic heterocycles. The molecule has 0 unspecified atom stereocenters. The highest BCUT2D eigenvalue weighted by molar-refractivity contribution is 5.94. The Morgan fingerprint density at radius 1 is 1.21 bits per heavy atom. The lowest BCUT2D eigenvalue weighted by atomic mass is 10.2. The number of carbonyl (C=O) groups is 1. The summed E-state index contributed by atoms with van der Waals surface area (Å²) in [6.07, 6.45) is 3.91. The van der Waals surface area contributed by atoms with Gasteiger partial charge in [-0.05, 0) is 44.0 Å². The van der Waals surface area contributed by atoms with Crippen LogP contribution in [0.15, 0.2) is 53.1 Å². The molecule has 1 fully saturated rings. The normalized spacial score (nSPS) is 16.9. The van der Waals surface area contributed by atoms with Crippen molar-refractivity contribution in [2.45, 2.75) is 25.8 Å². The summed E-state index contributed by atoms with van der Waals surface area (Å²) in [6, 6.07) is 14.3. The zero-order valence-corrected chi connectivity index (χ0v) is 15.6. The molecule has 0 radical (unpaired) electrons. The Labute approximate surface area is 162 Å². The highest BCUT2D eigenvalue weighted by Gasteiger charge is 2.29. The molecule has 0 spiro atoms. The minimum Gasteiger partial charge on any atom is -0.423 e. The standard InChI is InChI=1S/C21H21N5O2/c1-14-19(26-11-5-4-10-18(26)23-14)20(27)22-13-15-7-6-12-25(15)21-24-16-8-2-3-9-17(16)28-21/h2-5,8-11,15H,6-7,12-13H2,1H3,(H,22,27)/t15-/m0/s1. The maximum absolute atomic E-state index is 12.9. The Morgan fingerprint density at radius 3 is 2.96 bits per heavy atom. The Balaban J connectivity index is 1.34. The molecule has 28 heavy (non-hydrogen) atoms. The fraction of sp³-hybridized carbons (Fsp3) is 0.286. The third-order valence-electron chi connectivity index (χ3n) is 5.32. The first-order chi connectivity index (χ1) is 13.7. The lowest BCUT2D eigenvalue weighted by Crippen LogP contribution is -2.40. The van der Waals surface area contributed by atoms with E-state index in [9.17, 15) is 4.79 Å². The summed E-state index contributed by atoms with van der Waals surface area (Å²) in [5.74, 6) is -0.111. The minimum atomic E-state index is -0.111. The number of nitrogens with zero attached hydrogens (tertiary/aromatic N) is 4. The van der Waals surface area contributed by atoms with Gasteiger partial charge >= 0.3 is 0 Å². The van der Waals surface area contributed by atoms with Gasteiger partial charge in [0.25, 0.3) is 11.9 Å². The van der Waals surface area contributed by atoms with Crippen LogP contribution >= 0.6 is 0 Å². The monoisotopic (exact) mass is 375 g/mol. The number of imidazole rings is 1. The lowest BCUT2D eigenvalue weighted by molar-refractivity contribution is 0.0944. The zero-order chi connectivity index (χ0) is 19.1. The second kappa shape index (κ2) is 6.67. The first kappa shape index (κ1) is 16.8. The van der Waals surface area contributed by atoms with E-state index in [2.05, 4.69) is 20.2 Å². The van der Waals surface area contributed by atoms with Crippen LogP contribution in [-0.2, 0) is 0 Å². The number of nitrogens with one attached hydrogen (secondary N) is 1. The predicted octanol–water partition coefficient (Wildman–Crippen LogP) is 3.18. The van der Waals surface area contributed by atoms with Crippen LogP contribution < -0.4 is 10.2 Å². The number of oxazole rings is 1. The molecule has 1 aliphatic rings. The number of amides is 1. The zero-order valence-electron chi connectivity index (χ0n) is 15.6. The first-order valence-electron chi connectivity index (χ1n) is 9.55. The number of aryl methyl sites for hydroxylation is 1. The molecule has 4 heterocycles. The summed E-state index contributed by atoms with van der Waals surface area (Å²) in [7, 11) is 0. The fourth-order valence-electron chi connectivity index (χ4n) is 3.96. The van der Waals surface area contributed by atoms with Crippen molar-refractivity contribution in [3.63, 3.8) is 0 Å². The number of carbonyl (C=O) groups excluding carboxylic acids is 1. The van der Waals surface area contributed by atoms with Gasteiger partial charge in [0, 0.05) is 19.3 Å². The van der Waals surface area contributed by atoms with Crippen molar-refractivity contribution in [2.75, 3.05) is 18.0 Å². The summed E-state index contributed by atoms with van der Waals surface area (Å²) in [5.41, 5.74) is 3.73. The van der Waals surface area contributed by atoms with Crippen molar-refractivity contribution in [2.24, 2.45) is 0 Å². The molecule has 1 N–H and O–H groups in total. The smallest absolute Gasteiger partial charge is 0.298 e. The van der Waals surface area contributed by atoms with E-state index in [1.165, 1.54) is 0 Å². The summed E-state index contributed by atoms with van der Waals surface area (Å²) < 4.78 is 7.76. The van der Waals surface area contributed by atoms with Crippen molar-refractivity contribution in [1.29, 1.82) is 0 Å². The van der Waals surface area contributed by atoms with E-state index in [0.717, 1.165) is 41.8 Å². The van der Waals surface area contributed by atoms with Gasteiger partial charge in [-0.3, -0.25) is 9.20 Å². The lowest BCUT2D eigenvalue weighted by Gasteiger charge is -2.23. The molecule has 0 aliphatic carbocycles. The Bertz CT molecular complexity index is 1130. The quantitative estimate of drug-likeness (QED) is 0.593. The van der Waals surface area contributed by atoms with Gasteiger partial charge in [-0.25, -0.2) is 4.98 Å². The van der Waals surface area contributed by atoms with Gasteiger partial charge < -0.3 is 14.6 Å². The Kier molecular flexibility index (Phi) is 4.00. The van der Waals surface area contributed by atoms with Gasteiger partial charge in [-0.15, -0.1) is 0 Å². The molecule has 7 heteroatoms. The highest BCUT2D eigenvalue weighted by Crippen LogP contribution is 2.28. The molecule has 1 saturated heterocycles. The second-order valence-corrected chi connectivity index (χ2v) is 7.14. The Morgan fingerprint density at radius 2 is 2.07 bits per heavy atom. The molecule has 4 aromatic rings. The van der Waals surface area contributed by atoms with E-state index in [0.29, 0.717) is 18.3 Å². The van der Waals surface area contributed by atoms with Crippen molar-refractivity contribution in [3.05, 3.63) is 60.0 Å². The number of fused-ring (bicyclic) bond motifs is 2. The van der Waals surface area contributed by atoms with E-state index in [4.69, 9.17) is 4.42 Å². The largest absolute Gasteiger partial charge is 0.423 e. The van der Waals surface area contributed by atoms with Crippen LogP contribution in [0.5, 0.6) is 0 Å². The molecule has 1 amide bonds. The van der Waals surface area contributed by atoms with Gasteiger partial charge in [-0.1, -0.05) is 18.2 Å². The molecule has 0 saturated carbocycles. The van der Waals surface area contributed by atoms with E-state index in [1.54, 1.807) is 0 Å². The molecule has 5 rings (SSSR count). The van der Waals surface area contributed by atoms with Crippen LogP contribution in [0, 0.1) is 6.92 Å². The topological polar surface area (TPSA) is 75.7 Å². The fourth-order valence-corrected chi connectivity index (χ4v) is 3.96. The van der Waals surface area contributed by atoms with Crippen molar-refractivity contribution in [3.8, 4) is 0 Å². The third-order valence-corrected chi connectivity index (χ3v) is 5.32. The van der Waals surface area contributed by atoms with Crippen molar-refractivity contribution in [1.82, 2.24) is 19.7 Å². The highest BCUT2D eigenvalue weighted by atomic mass is 16.4. The predicted molar refractivity (Wildman–Crippen MR) is 107 cm³/mol. The van der Waals surface area contributed by atoms with Crippen LogP contribution in [0.3, 0.4) is 0 Å². The number of rotatable bonds is 4. The van der Waals surface area contributed by atoms with Crippen LogP contribution in [0.25, 0.3) is 16.7 Å². The van der Waals surface area contributed by atoms with E-state index >= 15 is 0 Å². The maximum atomic E-state index is 12.9. The van der Waals surface area contributed by atoms with Crippen LogP contribution in [0.1, 0.15) is 29.0 Å². The van der Waals surface area contributed by atoms with Crippen molar-refractivity contribution >= 4 is 28.7 Å². The molecule has 1 atom stereocenters. The molecule has 0 bridgehead atoms. The van der Waals surface area contributed by atoms with Crippen LogP contribution in [0.4, 0.5) is 6.01 Å². The van der Waals surface area contributed by atoms with E-state index in [1.807, 2.05) is 60.0 Å². The second-order valence-electron chi connectivity index (χ2n) is 7.14. The van der Waals surface area contributed by atoms with Crippen molar-refractivity contribution < 1.29 is 9.21 Å². The number of hydrogen-bond acceptors (Lipinski definition) is 5. The molecule has 1 aromatic carbocycles. The first-order valence-corrected chi connectivity index (χ1v) is 9.55. The summed E-state index contributed by atoms with van der Waals surface area (Å²) in [6.45, 7) is 3.28. The summed E-state index contributed by atoms with van der Waals surface area (Å²) in [5, 5.41) is 3.08. The number of benzene rings is 1. The molecule has 1 aliphatic heterocycles. The van der Waals surface area contributed by atoms with Crippen LogP contribution in [-0.4, -0.2) is 39.4 Å². The number of aromatic nitrogens is 3. The number of anilines is 1. The number of hydrogen-bond donors (Lipinski definition) is 1. The van der Waals surface area contributed by atoms with E-state index < -0.39 is 0 Å². The average molecular weight is 375 g/mol. The Hall–Kier alpha value is -3.35. The molecule has 142 valence electrons. The summed E-state index contributed by atoms with van der Waals surface area (Å²) >= 11 is 0. The molecular formula is C21H21N5O2. The van der Waals surface area contributed by atoms with Gasteiger partial charge in [0.05, 0.1) is 11.7 Å². The summed E-state index contributed by atoms with van der Waals surface area (Å²) in [4.78, 5) is 24.1. The number of pyridine rings is 1.